The molecule has 4 aliphatic carbocycles. The molecule has 4 nitrogen and oxygen atoms in total. The SMILES string of the molecule is CCC1C(CC)C2(O)CC(O)CC[C@]2(C)[C@@H]2CC[C@@]3(C)[C@@H](C(CC)C(CC)C3(O)CCCO[Si](C)(C)C(C)(C)C)[C@H]12. The lowest BCUT2D eigenvalue weighted by Gasteiger charge is -2.69. The van der Waals surface area contributed by atoms with Gasteiger partial charge in [-0.1, -0.05) is 88.0 Å². The van der Waals surface area contributed by atoms with Gasteiger partial charge >= 0.3 is 0 Å². The fraction of sp³-hybridized carbons (Fsp3) is 1.00. The lowest BCUT2D eigenvalue weighted by atomic mass is 9.37. The molecule has 0 heterocycles. The van der Waals surface area contributed by atoms with Crippen molar-refractivity contribution in [3.8, 4) is 0 Å². The van der Waals surface area contributed by atoms with Crippen LogP contribution >= 0.6 is 0 Å². The summed E-state index contributed by atoms with van der Waals surface area (Å²) < 4.78 is 6.61. The van der Waals surface area contributed by atoms with E-state index in [-0.39, 0.29) is 27.9 Å². The van der Waals surface area contributed by atoms with Crippen molar-refractivity contribution in [2.45, 2.75) is 168 Å². The fourth-order valence-corrected chi connectivity index (χ4v) is 13.0. The van der Waals surface area contributed by atoms with Gasteiger partial charge in [0.05, 0.1) is 17.3 Å². The van der Waals surface area contributed by atoms with Crippen LogP contribution in [0.1, 0.15) is 133 Å². The molecule has 4 fully saturated rings. The molecule has 240 valence electrons. The number of hydrogen-bond acceptors (Lipinski definition) is 4. The average Bonchev–Trinajstić information content (AvgIpc) is 3.08. The molecule has 0 saturated heterocycles. The highest BCUT2D eigenvalue weighted by atomic mass is 28.4. The van der Waals surface area contributed by atoms with E-state index in [4.69, 9.17) is 4.43 Å². The Hall–Kier alpha value is 0.0569. The number of aliphatic hydroxyl groups excluding tert-OH is 1. The van der Waals surface area contributed by atoms with E-state index in [0.717, 1.165) is 70.8 Å². The molecule has 0 spiro atoms. The van der Waals surface area contributed by atoms with E-state index in [1.54, 1.807) is 0 Å². The molecule has 4 saturated carbocycles. The van der Waals surface area contributed by atoms with Gasteiger partial charge in [0.25, 0.3) is 0 Å². The van der Waals surface area contributed by atoms with Crippen LogP contribution in [0.5, 0.6) is 0 Å². The van der Waals surface area contributed by atoms with E-state index < -0.39 is 19.5 Å². The molecule has 0 aromatic carbocycles. The molecule has 41 heavy (non-hydrogen) atoms. The van der Waals surface area contributed by atoms with E-state index >= 15 is 0 Å². The first-order valence-electron chi connectivity index (χ1n) is 17.7. The summed E-state index contributed by atoms with van der Waals surface area (Å²) in [6, 6.07) is 0. The Morgan fingerprint density at radius 3 is 1.95 bits per heavy atom. The topological polar surface area (TPSA) is 69.9 Å². The van der Waals surface area contributed by atoms with E-state index in [0.29, 0.717) is 41.9 Å². The zero-order valence-corrected chi connectivity index (χ0v) is 29.9. The number of rotatable bonds is 9. The number of hydrogen-bond donors (Lipinski definition) is 3. The van der Waals surface area contributed by atoms with Gasteiger partial charge in [-0.3, -0.25) is 0 Å². The Morgan fingerprint density at radius 1 is 0.829 bits per heavy atom. The van der Waals surface area contributed by atoms with Crippen LogP contribution in [0.4, 0.5) is 0 Å². The smallest absolute Gasteiger partial charge is 0.191 e. The standard InChI is InChI=1S/C36H68O4Si/c1-12-25-27(14-3)36(39)23-24(37)17-20-33(36,8)29-18-21-34(9)31(30(25)29)26(13-2)28(15-4)35(34,38)19-16-22-40-41(10,11)32(5,6)7/h24-31,37-39H,12-23H2,1-11H3/t24?,25?,26?,27?,28?,29-,30-,31+,33-,34+,35?,36?/m1/s1. The molecule has 0 aromatic rings. The van der Waals surface area contributed by atoms with Gasteiger partial charge in [0, 0.05) is 13.0 Å². The Morgan fingerprint density at radius 2 is 1.41 bits per heavy atom. The molecule has 7 unspecified atom stereocenters. The Labute approximate surface area is 254 Å². The first-order valence-corrected chi connectivity index (χ1v) is 20.6. The van der Waals surface area contributed by atoms with E-state index in [9.17, 15) is 15.3 Å². The molecule has 0 radical (unpaired) electrons. The van der Waals surface area contributed by atoms with Gasteiger partial charge in [0.15, 0.2) is 8.32 Å². The van der Waals surface area contributed by atoms with Gasteiger partial charge in [0.2, 0.25) is 0 Å². The van der Waals surface area contributed by atoms with Gasteiger partial charge in [-0.15, -0.1) is 0 Å². The minimum absolute atomic E-state index is 0.113. The fourth-order valence-electron chi connectivity index (χ4n) is 11.9. The molecular weight excluding hydrogens is 524 g/mol. The van der Waals surface area contributed by atoms with Crippen molar-refractivity contribution in [3.05, 3.63) is 0 Å². The van der Waals surface area contributed by atoms with Gasteiger partial charge in [0.1, 0.15) is 0 Å². The summed E-state index contributed by atoms with van der Waals surface area (Å²) >= 11 is 0. The summed E-state index contributed by atoms with van der Waals surface area (Å²) in [5, 5.41) is 36.6. The first kappa shape index (κ1) is 33.9. The monoisotopic (exact) mass is 592 g/mol. The number of fused-ring (bicyclic) bond motifs is 5. The molecule has 12 atom stereocenters. The molecule has 0 aliphatic heterocycles. The van der Waals surface area contributed by atoms with Crippen molar-refractivity contribution < 1.29 is 19.7 Å². The van der Waals surface area contributed by atoms with E-state index in [1.807, 2.05) is 0 Å². The van der Waals surface area contributed by atoms with E-state index in [1.165, 1.54) is 0 Å². The highest BCUT2D eigenvalue weighted by molar-refractivity contribution is 6.74. The molecule has 0 amide bonds. The molecule has 0 aromatic heterocycles. The van der Waals surface area contributed by atoms with Crippen molar-refractivity contribution in [2.24, 2.45) is 52.3 Å². The number of aliphatic hydroxyl groups is 3. The minimum Gasteiger partial charge on any atom is -0.417 e. The Bertz CT molecular complexity index is 916. The lowest BCUT2D eigenvalue weighted by molar-refractivity contribution is -0.275. The van der Waals surface area contributed by atoms with Gasteiger partial charge < -0.3 is 19.7 Å². The minimum atomic E-state index is -1.81. The van der Waals surface area contributed by atoms with Crippen LogP contribution < -0.4 is 0 Å². The highest BCUT2D eigenvalue weighted by Crippen LogP contribution is 2.75. The second kappa shape index (κ2) is 11.4. The van der Waals surface area contributed by atoms with Gasteiger partial charge in [-0.05, 0) is 109 Å². The summed E-state index contributed by atoms with van der Waals surface area (Å²) in [6.07, 6.45) is 9.98. The molecule has 3 N–H and O–H groups in total. The Balaban J connectivity index is 1.71. The van der Waals surface area contributed by atoms with Gasteiger partial charge in [-0.25, -0.2) is 0 Å². The first-order chi connectivity index (χ1) is 18.9. The third-order valence-corrected chi connectivity index (χ3v) is 19.5. The maximum atomic E-state index is 13.0. The van der Waals surface area contributed by atoms with Crippen LogP contribution in [-0.4, -0.2) is 47.5 Å². The predicted molar refractivity (Wildman–Crippen MR) is 173 cm³/mol. The summed E-state index contributed by atoms with van der Waals surface area (Å²) in [6.45, 7) is 26.5. The molecule has 4 rings (SSSR count). The normalized spacial score (nSPS) is 48.4. The maximum Gasteiger partial charge on any atom is 0.191 e. The molecule has 0 bridgehead atoms. The van der Waals surface area contributed by atoms with E-state index in [2.05, 4.69) is 75.4 Å². The third-order valence-electron chi connectivity index (χ3n) is 14.9. The van der Waals surface area contributed by atoms with Crippen LogP contribution in [0.25, 0.3) is 0 Å². The van der Waals surface area contributed by atoms with Crippen LogP contribution in [-0.2, 0) is 4.43 Å². The summed E-state index contributed by atoms with van der Waals surface area (Å²) in [5.41, 5.74) is -1.75. The average molecular weight is 593 g/mol. The lowest BCUT2D eigenvalue weighted by Crippen LogP contribution is -2.70. The maximum absolute atomic E-state index is 13.0. The molecular formula is C36H68O4Si. The summed E-state index contributed by atoms with van der Waals surface area (Å²) in [7, 11) is -1.81. The van der Waals surface area contributed by atoms with Crippen LogP contribution in [0.2, 0.25) is 18.1 Å². The summed E-state index contributed by atoms with van der Waals surface area (Å²) in [5.74, 6) is 2.94. The predicted octanol–water partition coefficient (Wildman–Crippen LogP) is 8.58. The molecule has 4 aliphatic rings. The van der Waals surface area contributed by atoms with Gasteiger partial charge in [-0.2, -0.15) is 0 Å². The molecule has 5 heteroatoms. The van der Waals surface area contributed by atoms with Crippen molar-refractivity contribution in [3.63, 3.8) is 0 Å². The van der Waals surface area contributed by atoms with Crippen LogP contribution in [0.3, 0.4) is 0 Å². The largest absolute Gasteiger partial charge is 0.417 e. The third kappa shape index (κ3) is 4.88. The van der Waals surface area contributed by atoms with Crippen LogP contribution in [0, 0.1) is 52.3 Å². The quantitative estimate of drug-likeness (QED) is 0.185. The Kier molecular flexibility index (Phi) is 9.48. The zero-order chi connectivity index (χ0) is 30.8. The second-order valence-electron chi connectivity index (χ2n) is 17.2. The van der Waals surface area contributed by atoms with Crippen molar-refractivity contribution in [1.82, 2.24) is 0 Å². The van der Waals surface area contributed by atoms with Crippen molar-refractivity contribution in [1.29, 1.82) is 0 Å². The highest BCUT2D eigenvalue weighted by Gasteiger charge is 2.74. The van der Waals surface area contributed by atoms with Crippen molar-refractivity contribution in [2.75, 3.05) is 6.61 Å². The van der Waals surface area contributed by atoms with Crippen molar-refractivity contribution >= 4 is 8.32 Å². The zero-order valence-electron chi connectivity index (χ0n) is 28.9. The second-order valence-corrected chi connectivity index (χ2v) is 22.0. The summed E-state index contributed by atoms with van der Waals surface area (Å²) in [4.78, 5) is 0. The van der Waals surface area contributed by atoms with Crippen LogP contribution in [0.15, 0.2) is 0 Å².